The first kappa shape index (κ1) is 27.7. The van der Waals surface area contributed by atoms with E-state index < -0.39 is 10.0 Å². The van der Waals surface area contributed by atoms with Gasteiger partial charge in [0, 0.05) is 34.9 Å². The Balaban J connectivity index is 1.15. The second-order valence-corrected chi connectivity index (χ2v) is 12.3. The zero-order valence-electron chi connectivity index (χ0n) is 21.7. The number of carbonyl (C=O) groups is 2. The van der Waals surface area contributed by atoms with E-state index in [1.165, 1.54) is 17.4 Å². The molecular weight excluding hydrogens is 544 g/mol. The molecule has 0 radical (unpaired) electrons. The summed E-state index contributed by atoms with van der Waals surface area (Å²) in [4.78, 5) is 30.7. The first-order valence-electron chi connectivity index (χ1n) is 13.1. The van der Waals surface area contributed by atoms with Crippen LogP contribution in [0.2, 0.25) is 0 Å². The molecule has 0 aliphatic heterocycles. The van der Waals surface area contributed by atoms with Gasteiger partial charge in [-0.05, 0) is 30.0 Å². The molecule has 5 rings (SSSR count). The summed E-state index contributed by atoms with van der Waals surface area (Å²) in [6.07, 6.45) is 2.17. The van der Waals surface area contributed by atoms with Crippen molar-refractivity contribution in [2.75, 3.05) is 0 Å². The lowest BCUT2D eigenvalue weighted by molar-refractivity contribution is -0.133. The minimum absolute atomic E-state index is 0.0631. The highest BCUT2D eigenvalue weighted by Crippen LogP contribution is 2.33. The maximum Gasteiger partial charge on any atom is 0.238 e. The second-order valence-electron chi connectivity index (χ2n) is 9.81. The van der Waals surface area contributed by atoms with Gasteiger partial charge >= 0.3 is 0 Å². The third-order valence-electron chi connectivity index (χ3n) is 7.15. The molecule has 1 aromatic heterocycles. The molecule has 40 heavy (non-hydrogen) atoms. The molecule has 8 nitrogen and oxygen atoms in total. The Kier molecular flexibility index (Phi) is 8.39. The van der Waals surface area contributed by atoms with Crippen LogP contribution in [0.4, 0.5) is 0 Å². The maximum atomic E-state index is 13.0. The fourth-order valence-electron chi connectivity index (χ4n) is 5.09. The summed E-state index contributed by atoms with van der Waals surface area (Å²) in [6, 6.07) is 23.8. The predicted octanol–water partition coefficient (Wildman–Crippen LogP) is 4.47. The molecule has 4 N–H and O–H groups in total. The van der Waals surface area contributed by atoms with Crippen molar-refractivity contribution in [3.05, 3.63) is 94.8 Å². The van der Waals surface area contributed by atoms with Crippen LogP contribution in [0.1, 0.15) is 29.8 Å². The number of nitrogens with zero attached hydrogens (tertiary/aromatic N) is 1. The molecule has 10 heteroatoms. The molecule has 1 saturated carbocycles. The lowest BCUT2D eigenvalue weighted by atomic mass is 9.94. The van der Waals surface area contributed by atoms with Crippen LogP contribution in [-0.2, 0) is 32.7 Å². The minimum Gasteiger partial charge on any atom is -0.352 e. The number of carbonyl (C=O) groups excluding carboxylic acids is 2. The molecule has 1 aliphatic rings. The summed E-state index contributed by atoms with van der Waals surface area (Å²) in [5, 5.41) is 14.1. The summed E-state index contributed by atoms with van der Waals surface area (Å²) >= 11 is 1.50. The van der Waals surface area contributed by atoms with Crippen molar-refractivity contribution in [3.8, 4) is 22.4 Å². The number of nitrogens with two attached hydrogens (primary N) is 1. The molecule has 1 heterocycles. The highest BCUT2D eigenvalue weighted by molar-refractivity contribution is 7.89. The normalized spacial score (nSPS) is 16.9. The Labute approximate surface area is 237 Å². The van der Waals surface area contributed by atoms with Crippen LogP contribution in [0.3, 0.4) is 0 Å². The fraction of sp³-hybridized carbons (Fsp3) is 0.233. The quantitative estimate of drug-likeness (QED) is 0.271. The summed E-state index contributed by atoms with van der Waals surface area (Å²) in [6.45, 7) is 0.643. The lowest BCUT2D eigenvalue weighted by Crippen LogP contribution is -2.39. The van der Waals surface area contributed by atoms with Gasteiger partial charge < -0.3 is 10.6 Å². The zero-order chi connectivity index (χ0) is 28.1. The molecule has 206 valence electrons. The Hall–Kier alpha value is -3.86. The van der Waals surface area contributed by atoms with Gasteiger partial charge in [0.2, 0.25) is 21.8 Å². The van der Waals surface area contributed by atoms with Crippen molar-refractivity contribution in [1.29, 1.82) is 0 Å². The van der Waals surface area contributed by atoms with Crippen LogP contribution in [0, 0.1) is 11.8 Å². The average Bonchev–Trinajstić information content (AvgIpc) is 3.66. The first-order valence-corrected chi connectivity index (χ1v) is 15.5. The van der Waals surface area contributed by atoms with Crippen molar-refractivity contribution in [1.82, 2.24) is 15.6 Å². The zero-order valence-corrected chi connectivity index (χ0v) is 23.4. The van der Waals surface area contributed by atoms with E-state index in [0.29, 0.717) is 37.1 Å². The maximum absolute atomic E-state index is 13.0. The van der Waals surface area contributed by atoms with E-state index in [9.17, 15) is 18.0 Å². The molecule has 1 fully saturated rings. The molecule has 2 unspecified atom stereocenters. The molecule has 0 saturated heterocycles. The van der Waals surface area contributed by atoms with E-state index in [0.717, 1.165) is 28.2 Å². The lowest BCUT2D eigenvalue weighted by Gasteiger charge is -2.18. The standard InChI is InChI=1S/C30H30N4O4S2/c31-40(37,38)27-12-5-4-9-23(27)21-15-13-20(14-16-21)17-32-29(35)24-10-6-11-25(24)30(36)33-18-28-34-26(19-39-28)22-7-2-1-3-8-22/h1-5,7-9,12-16,19,24-25H,6,10-11,17-18H2,(H,32,35)(H,33,36)(H2,31,37,38). The number of hydrogen-bond acceptors (Lipinski definition) is 6. The van der Waals surface area contributed by atoms with Gasteiger partial charge in [0.1, 0.15) is 5.01 Å². The van der Waals surface area contributed by atoms with Crippen molar-refractivity contribution in [2.45, 2.75) is 37.2 Å². The highest BCUT2D eigenvalue weighted by Gasteiger charge is 2.37. The average molecular weight is 575 g/mol. The molecule has 4 aromatic rings. The van der Waals surface area contributed by atoms with Crippen molar-refractivity contribution in [2.24, 2.45) is 17.0 Å². The Morgan fingerprint density at radius 2 is 1.45 bits per heavy atom. The minimum atomic E-state index is -3.86. The number of hydrogen-bond donors (Lipinski definition) is 3. The Morgan fingerprint density at radius 1 is 0.825 bits per heavy atom. The Bertz CT molecular complexity index is 1600. The van der Waals surface area contributed by atoms with Crippen LogP contribution in [0.15, 0.2) is 89.1 Å². The number of rotatable bonds is 9. The van der Waals surface area contributed by atoms with E-state index in [2.05, 4.69) is 15.6 Å². The van der Waals surface area contributed by atoms with E-state index in [1.807, 2.05) is 47.8 Å². The van der Waals surface area contributed by atoms with E-state index in [-0.39, 0.29) is 28.5 Å². The summed E-state index contributed by atoms with van der Waals surface area (Å²) in [5.74, 6) is -1.00. The summed E-state index contributed by atoms with van der Waals surface area (Å²) in [7, 11) is -3.86. The van der Waals surface area contributed by atoms with E-state index in [4.69, 9.17) is 5.14 Å². The smallest absolute Gasteiger partial charge is 0.238 e. The van der Waals surface area contributed by atoms with Gasteiger partial charge in [-0.1, -0.05) is 79.2 Å². The van der Waals surface area contributed by atoms with Crippen molar-refractivity contribution >= 4 is 33.2 Å². The summed E-state index contributed by atoms with van der Waals surface area (Å²) < 4.78 is 23.9. The fourth-order valence-corrected chi connectivity index (χ4v) is 6.59. The molecule has 2 amide bonds. The largest absolute Gasteiger partial charge is 0.352 e. The summed E-state index contributed by atoms with van der Waals surface area (Å²) in [5.41, 5.74) is 4.02. The van der Waals surface area contributed by atoms with Crippen molar-refractivity contribution < 1.29 is 18.0 Å². The first-order chi connectivity index (χ1) is 19.3. The number of benzene rings is 3. The molecule has 3 aromatic carbocycles. The number of amides is 2. The van der Waals surface area contributed by atoms with Gasteiger partial charge in [0.05, 0.1) is 17.1 Å². The number of aromatic nitrogens is 1. The van der Waals surface area contributed by atoms with Crippen LogP contribution in [-0.4, -0.2) is 25.2 Å². The van der Waals surface area contributed by atoms with Gasteiger partial charge in [0.25, 0.3) is 0 Å². The van der Waals surface area contributed by atoms with Crippen LogP contribution in [0.25, 0.3) is 22.4 Å². The van der Waals surface area contributed by atoms with Gasteiger partial charge in [-0.25, -0.2) is 18.5 Å². The van der Waals surface area contributed by atoms with E-state index >= 15 is 0 Å². The van der Waals surface area contributed by atoms with Gasteiger partial charge in [-0.3, -0.25) is 9.59 Å². The monoisotopic (exact) mass is 574 g/mol. The molecular formula is C30H30N4O4S2. The molecule has 1 aliphatic carbocycles. The van der Waals surface area contributed by atoms with Gasteiger partial charge in [0.15, 0.2) is 0 Å². The predicted molar refractivity (Wildman–Crippen MR) is 155 cm³/mol. The third kappa shape index (κ3) is 6.47. The molecule has 0 bridgehead atoms. The molecule has 2 atom stereocenters. The number of thiazole rings is 1. The van der Waals surface area contributed by atoms with Gasteiger partial charge in [-0.2, -0.15) is 0 Å². The van der Waals surface area contributed by atoms with Crippen LogP contribution >= 0.6 is 11.3 Å². The SMILES string of the molecule is NS(=O)(=O)c1ccccc1-c1ccc(CNC(=O)C2CCCC2C(=O)NCc2nc(-c3ccccc3)cs2)cc1. The molecule has 0 spiro atoms. The number of sulfonamides is 1. The van der Waals surface area contributed by atoms with Crippen LogP contribution in [0.5, 0.6) is 0 Å². The second kappa shape index (κ2) is 12.1. The highest BCUT2D eigenvalue weighted by atomic mass is 32.2. The number of nitrogens with one attached hydrogen (secondary N) is 2. The van der Waals surface area contributed by atoms with E-state index in [1.54, 1.807) is 30.3 Å². The van der Waals surface area contributed by atoms with Crippen molar-refractivity contribution in [3.63, 3.8) is 0 Å². The number of primary sulfonamides is 1. The third-order valence-corrected chi connectivity index (χ3v) is 8.97. The topological polar surface area (TPSA) is 131 Å². The Morgan fingerprint density at radius 3 is 2.12 bits per heavy atom. The van der Waals surface area contributed by atoms with Gasteiger partial charge in [-0.15, -0.1) is 11.3 Å². The van der Waals surface area contributed by atoms with Crippen LogP contribution < -0.4 is 15.8 Å².